The van der Waals surface area contributed by atoms with Crippen LogP contribution in [-0.4, -0.2) is 19.7 Å². The van der Waals surface area contributed by atoms with Gasteiger partial charge < -0.3 is 10.3 Å². The van der Waals surface area contributed by atoms with Gasteiger partial charge in [0, 0.05) is 34.3 Å². The Balaban J connectivity index is 2.10. The second-order valence-corrected chi connectivity index (χ2v) is 8.09. The highest BCUT2D eigenvalue weighted by Gasteiger charge is 2.24. The summed E-state index contributed by atoms with van der Waals surface area (Å²) >= 11 is -2.67. The number of benzene rings is 2. The Morgan fingerprint density at radius 2 is 1.86 bits per heavy atom. The molecule has 0 radical (unpaired) electrons. The molecule has 1 amide bonds. The van der Waals surface area contributed by atoms with Crippen LogP contribution in [0.2, 0.25) is 0 Å². The lowest BCUT2D eigenvalue weighted by Crippen LogP contribution is -2.27. The second-order valence-electron chi connectivity index (χ2n) is 7.26. The lowest BCUT2D eigenvalue weighted by molar-refractivity contribution is -0.123. The predicted molar refractivity (Wildman–Crippen MR) is 106 cm³/mol. The summed E-state index contributed by atoms with van der Waals surface area (Å²) in [5, 5.41) is 3.23. The summed E-state index contributed by atoms with van der Waals surface area (Å²) in [7, 11) is 0. The summed E-state index contributed by atoms with van der Waals surface area (Å²) in [5.74, 6) is -1.80. The smallest absolute Gasteiger partial charge is 0.266 e. The summed E-state index contributed by atoms with van der Waals surface area (Å²) in [5.41, 5.74) is 0.227. The third-order valence-electron chi connectivity index (χ3n) is 4.10. The van der Waals surface area contributed by atoms with Gasteiger partial charge in [-0.1, -0.05) is 20.8 Å². The Hall–Kier alpha value is -2.78. The van der Waals surface area contributed by atoms with E-state index in [4.69, 9.17) is 0 Å². The molecule has 0 fully saturated rings. The Bertz CT molecular complexity index is 1080. The maximum Gasteiger partial charge on any atom is 0.266 e. The van der Waals surface area contributed by atoms with Gasteiger partial charge in [-0.15, -0.1) is 0 Å². The van der Waals surface area contributed by atoms with E-state index in [2.05, 4.69) is 10.3 Å². The minimum atomic E-state index is -2.67. The highest BCUT2D eigenvalue weighted by molar-refractivity contribution is 7.81. The fraction of sp³-hybridized carbons (Fsp3) is 0.211. The third kappa shape index (κ3) is 3.90. The second kappa shape index (κ2) is 7.33. The number of rotatable bonds is 4. The molecule has 3 N–H and O–H groups in total. The third-order valence-corrected chi connectivity index (χ3v) is 4.81. The maximum absolute atomic E-state index is 14.2. The average molecular weight is 407 g/mol. The lowest BCUT2D eigenvalue weighted by atomic mass is 9.95. The minimum absolute atomic E-state index is 0.159. The minimum Gasteiger partial charge on any atom is -0.359 e. The van der Waals surface area contributed by atoms with E-state index >= 15 is 0 Å². The number of carbonyl (C=O) groups excluding carboxylic acids is 1. The van der Waals surface area contributed by atoms with Gasteiger partial charge in [0.25, 0.3) is 11.3 Å². The number of fused-ring (bicyclic) bond motifs is 1. The molecule has 0 aliphatic rings. The fourth-order valence-corrected chi connectivity index (χ4v) is 3.24. The molecule has 28 heavy (non-hydrogen) atoms. The van der Waals surface area contributed by atoms with Crippen molar-refractivity contribution in [3.05, 3.63) is 54.2 Å². The van der Waals surface area contributed by atoms with E-state index in [0.717, 1.165) is 22.5 Å². The van der Waals surface area contributed by atoms with Crippen molar-refractivity contribution in [1.82, 2.24) is 4.98 Å². The number of aromatic amines is 1. The highest BCUT2D eigenvalue weighted by Crippen LogP contribution is 2.36. The number of nitrogens with zero attached hydrogens (tertiary/aromatic N) is 1. The summed E-state index contributed by atoms with van der Waals surface area (Å²) in [6.07, 6.45) is 1.42. The number of amides is 1. The van der Waals surface area contributed by atoms with E-state index in [9.17, 15) is 22.3 Å². The van der Waals surface area contributed by atoms with Crippen molar-refractivity contribution < 1.29 is 22.3 Å². The Kier molecular flexibility index (Phi) is 5.22. The standard InChI is InChI=1S/C19H19F2N3O3S/c1-19(2,3)18(25)23-12-5-7-15-13(9-12)17(10-22-15)24(28(26)27)16-8-11(20)4-6-14(16)21/h4-10,22H,1-3H3,(H,23,25)(H,26,27). The molecule has 0 bridgehead atoms. The molecule has 1 heterocycles. The van der Waals surface area contributed by atoms with Gasteiger partial charge in [0.05, 0.1) is 11.4 Å². The molecular weight excluding hydrogens is 388 g/mol. The molecule has 6 nitrogen and oxygen atoms in total. The molecule has 3 aromatic rings. The Labute approximate surface area is 163 Å². The van der Waals surface area contributed by atoms with E-state index in [-0.39, 0.29) is 17.3 Å². The number of anilines is 3. The van der Waals surface area contributed by atoms with Crippen LogP contribution in [0.5, 0.6) is 0 Å². The molecule has 1 atom stereocenters. The molecule has 3 rings (SSSR count). The topological polar surface area (TPSA) is 85.4 Å². The van der Waals surface area contributed by atoms with Gasteiger partial charge in [-0.25, -0.2) is 17.3 Å². The Morgan fingerprint density at radius 1 is 1.14 bits per heavy atom. The van der Waals surface area contributed by atoms with Gasteiger partial charge in [-0.05, 0) is 30.3 Å². The molecule has 0 aliphatic carbocycles. The van der Waals surface area contributed by atoms with Crippen molar-refractivity contribution in [2.75, 3.05) is 9.62 Å². The normalized spacial score (nSPS) is 12.8. The van der Waals surface area contributed by atoms with Crippen molar-refractivity contribution >= 4 is 45.1 Å². The number of halogens is 2. The molecule has 2 aromatic carbocycles. The molecule has 0 saturated carbocycles. The maximum atomic E-state index is 14.2. The first-order valence-electron chi connectivity index (χ1n) is 8.36. The first kappa shape index (κ1) is 20.0. The van der Waals surface area contributed by atoms with E-state index in [1.165, 1.54) is 6.20 Å². The lowest BCUT2D eigenvalue weighted by Gasteiger charge is -2.20. The van der Waals surface area contributed by atoms with Crippen molar-refractivity contribution in [2.24, 2.45) is 5.41 Å². The molecule has 148 valence electrons. The van der Waals surface area contributed by atoms with Crippen LogP contribution in [0, 0.1) is 17.0 Å². The van der Waals surface area contributed by atoms with Gasteiger partial charge >= 0.3 is 0 Å². The van der Waals surface area contributed by atoms with Gasteiger partial charge in [0.1, 0.15) is 11.6 Å². The number of nitrogens with one attached hydrogen (secondary N) is 2. The zero-order valence-corrected chi connectivity index (χ0v) is 16.2. The van der Waals surface area contributed by atoms with Crippen molar-refractivity contribution in [2.45, 2.75) is 20.8 Å². The fourth-order valence-electron chi connectivity index (χ4n) is 2.61. The number of carbonyl (C=O) groups is 1. The van der Waals surface area contributed by atoms with Crippen LogP contribution in [0.25, 0.3) is 10.9 Å². The number of aromatic nitrogens is 1. The highest BCUT2D eigenvalue weighted by atomic mass is 32.2. The number of hydrogen-bond donors (Lipinski definition) is 3. The molecule has 1 aromatic heterocycles. The zero-order valence-electron chi connectivity index (χ0n) is 15.4. The number of hydrogen-bond acceptors (Lipinski definition) is 2. The monoisotopic (exact) mass is 407 g/mol. The van der Waals surface area contributed by atoms with E-state index in [1.807, 2.05) is 0 Å². The van der Waals surface area contributed by atoms with Gasteiger partial charge in [-0.2, -0.15) is 0 Å². The SMILES string of the molecule is CC(C)(C)C(=O)Nc1ccc2[nH]cc(N(c3cc(F)ccc3F)S(=O)O)c2c1. The van der Waals surface area contributed by atoms with Crippen LogP contribution >= 0.6 is 0 Å². The molecule has 1 unspecified atom stereocenters. The first-order chi connectivity index (χ1) is 13.1. The van der Waals surface area contributed by atoms with Crippen molar-refractivity contribution in [3.63, 3.8) is 0 Å². The van der Waals surface area contributed by atoms with Gasteiger partial charge in [0.2, 0.25) is 5.91 Å². The van der Waals surface area contributed by atoms with E-state index in [0.29, 0.717) is 16.6 Å². The van der Waals surface area contributed by atoms with Crippen molar-refractivity contribution in [1.29, 1.82) is 0 Å². The molecule has 9 heteroatoms. The van der Waals surface area contributed by atoms with Crippen molar-refractivity contribution in [3.8, 4) is 0 Å². The average Bonchev–Trinajstić information content (AvgIpc) is 3.00. The van der Waals surface area contributed by atoms with Gasteiger partial charge in [-0.3, -0.25) is 9.35 Å². The summed E-state index contributed by atoms with van der Waals surface area (Å²) in [6, 6.07) is 7.60. The molecule has 0 aliphatic heterocycles. The summed E-state index contributed by atoms with van der Waals surface area (Å²) < 4.78 is 50.3. The van der Waals surface area contributed by atoms with Crippen LogP contribution in [0.15, 0.2) is 42.6 Å². The first-order valence-corrected chi connectivity index (χ1v) is 9.43. The molecule has 0 saturated heterocycles. The van der Waals surface area contributed by atoms with Crippen LogP contribution in [-0.2, 0) is 16.1 Å². The summed E-state index contributed by atoms with van der Waals surface area (Å²) in [6.45, 7) is 5.31. The quantitative estimate of drug-likeness (QED) is 0.548. The van der Waals surface area contributed by atoms with Crippen LogP contribution < -0.4 is 9.62 Å². The predicted octanol–water partition coefficient (Wildman–Crippen LogP) is 4.71. The van der Waals surface area contributed by atoms with Gasteiger partial charge in [0.15, 0.2) is 0 Å². The van der Waals surface area contributed by atoms with Crippen LogP contribution in [0.1, 0.15) is 20.8 Å². The molecule has 0 spiro atoms. The van der Waals surface area contributed by atoms with Crippen LogP contribution in [0.4, 0.5) is 25.8 Å². The summed E-state index contributed by atoms with van der Waals surface area (Å²) in [4.78, 5) is 15.2. The van der Waals surface area contributed by atoms with E-state index < -0.39 is 28.3 Å². The van der Waals surface area contributed by atoms with Crippen LogP contribution in [0.3, 0.4) is 0 Å². The molecular formula is C19H19F2N3O3S. The number of H-pyrrole nitrogens is 1. The zero-order chi connectivity index (χ0) is 20.6. The van der Waals surface area contributed by atoms with E-state index in [1.54, 1.807) is 39.0 Å². The largest absolute Gasteiger partial charge is 0.359 e. The Morgan fingerprint density at radius 3 is 2.50 bits per heavy atom.